The Morgan fingerprint density at radius 2 is 1.53 bits per heavy atom. The maximum atomic E-state index is 12.1. The minimum atomic E-state index is -1.15. The Morgan fingerprint density at radius 3 is 2.18 bits per heavy atom. The van der Waals surface area contributed by atoms with Crippen LogP contribution in [0.1, 0.15) is 23.5 Å². The summed E-state index contributed by atoms with van der Waals surface area (Å²) in [6.45, 7) is -0.362. The fourth-order valence-corrected chi connectivity index (χ4v) is 4.28. The first-order chi connectivity index (χ1) is 16.4. The minimum Gasteiger partial charge on any atom is -0.479 e. The second kappa shape index (κ2) is 10.3. The summed E-state index contributed by atoms with van der Waals surface area (Å²) in [7, 11) is 0. The Hall–Kier alpha value is -3.92. The van der Waals surface area contributed by atoms with Crippen molar-refractivity contribution in [3.8, 4) is 11.1 Å². The van der Waals surface area contributed by atoms with Gasteiger partial charge in [0, 0.05) is 12.5 Å². The molecule has 10 heteroatoms. The van der Waals surface area contributed by atoms with E-state index in [1.54, 1.807) is 0 Å². The number of hydrogen-bond acceptors (Lipinski definition) is 6. The van der Waals surface area contributed by atoms with E-state index >= 15 is 0 Å². The lowest BCUT2D eigenvalue weighted by Crippen LogP contribution is -2.48. The monoisotopic (exact) mass is 467 g/mol. The number of carboxylic acids is 1. The largest absolute Gasteiger partial charge is 0.479 e. The molecular formula is C24H25N3O7. The van der Waals surface area contributed by atoms with E-state index in [-0.39, 0.29) is 32.2 Å². The van der Waals surface area contributed by atoms with Gasteiger partial charge in [-0.15, -0.1) is 0 Å². The summed E-state index contributed by atoms with van der Waals surface area (Å²) in [5.41, 5.74) is 4.39. The maximum absolute atomic E-state index is 12.1. The number of carbonyl (C=O) groups excluding carboxylic acids is 3. The van der Waals surface area contributed by atoms with Gasteiger partial charge in [-0.25, -0.2) is 9.59 Å². The molecule has 1 fully saturated rings. The van der Waals surface area contributed by atoms with Crippen LogP contribution in [0.2, 0.25) is 0 Å². The number of nitrogens with one attached hydrogen (secondary N) is 3. The predicted molar refractivity (Wildman–Crippen MR) is 120 cm³/mol. The quantitative estimate of drug-likeness (QED) is 0.454. The second-order valence-corrected chi connectivity index (χ2v) is 8.05. The van der Waals surface area contributed by atoms with E-state index < -0.39 is 36.0 Å². The number of hydrogen-bond donors (Lipinski definition) is 4. The van der Waals surface area contributed by atoms with Crippen LogP contribution in [0, 0.1) is 0 Å². The summed E-state index contributed by atoms with van der Waals surface area (Å²) >= 11 is 0. The zero-order valence-electron chi connectivity index (χ0n) is 18.3. The van der Waals surface area contributed by atoms with Gasteiger partial charge in [0.1, 0.15) is 13.2 Å². The molecule has 1 aliphatic carbocycles. The van der Waals surface area contributed by atoms with Gasteiger partial charge in [0.2, 0.25) is 11.8 Å². The van der Waals surface area contributed by atoms with Crippen LogP contribution in [0.4, 0.5) is 4.79 Å². The van der Waals surface area contributed by atoms with Crippen LogP contribution in [0.3, 0.4) is 0 Å². The average Bonchev–Trinajstić information content (AvgIpc) is 3.43. The Bertz CT molecular complexity index is 1060. The number of alkyl carbamates (subject to hydrolysis) is 1. The van der Waals surface area contributed by atoms with E-state index in [1.807, 2.05) is 48.5 Å². The van der Waals surface area contributed by atoms with Gasteiger partial charge in [0.15, 0.2) is 6.10 Å². The van der Waals surface area contributed by atoms with E-state index in [9.17, 15) is 19.2 Å². The molecule has 2 atom stereocenters. The molecular weight excluding hydrogens is 442 g/mol. The number of amides is 3. The van der Waals surface area contributed by atoms with E-state index in [0.717, 1.165) is 22.3 Å². The molecule has 2 aliphatic rings. The standard InChI is InChI=1S/C24H25N3O7/c28-20(25-12-21(29)27-19-9-10-33-22(19)23(30)31)11-26-24(32)34-13-18-16-7-3-1-5-14(16)15-6-2-4-8-17(15)18/h1-8,18-19,22H,9-13H2,(H,25,28)(H,26,32)(H,27,29)(H,30,31). The fourth-order valence-electron chi connectivity index (χ4n) is 4.28. The van der Waals surface area contributed by atoms with Crippen LogP contribution in [0.15, 0.2) is 48.5 Å². The highest BCUT2D eigenvalue weighted by atomic mass is 16.5. The first-order valence-corrected chi connectivity index (χ1v) is 10.9. The smallest absolute Gasteiger partial charge is 0.407 e. The molecule has 4 N–H and O–H groups in total. The molecule has 0 spiro atoms. The lowest BCUT2D eigenvalue weighted by atomic mass is 9.98. The van der Waals surface area contributed by atoms with Crippen molar-refractivity contribution in [1.29, 1.82) is 0 Å². The number of carbonyl (C=O) groups is 4. The van der Waals surface area contributed by atoms with Crippen molar-refractivity contribution >= 4 is 23.9 Å². The fraction of sp³-hybridized carbons (Fsp3) is 0.333. The van der Waals surface area contributed by atoms with Crippen molar-refractivity contribution in [2.45, 2.75) is 24.5 Å². The summed E-state index contributed by atoms with van der Waals surface area (Å²) in [6.07, 6.45) is -1.47. The summed E-state index contributed by atoms with van der Waals surface area (Å²) < 4.78 is 10.4. The molecule has 2 unspecified atom stereocenters. The maximum Gasteiger partial charge on any atom is 0.407 e. The molecule has 0 radical (unpaired) electrons. The Labute approximate surface area is 195 Å². The Kier molecular flexibility index (Phi) is 7.07. The molecule has 1 saturated heterocycles. The number of fused-ring (bicyclic) bond motifs is 3. The number of ether oxygens (including phenoxy) is 2. The predicted octanol–water partition coefficient (Wildman–Crippen LogP) is 1.000. The molecule has 0 bridgehead atoms. The number of benzene rings is 2. The molecule has 34 heavy (non-hydrogen) atoms. The lowest BCUT2D eigenvalue weighted by molar-refractivity contribution is -0.148. The summed E-state index contributed by atoms with van der Waals surface area (Å²) in [5, 5.41) is 16.3. The molecule has 2 aromatic rings. The lowest BCUT2D eigenvalue weighted by Gasteiger charge is -2.16. The highest BCUT2D eigenvalue weighted by Crippen LogP contribution is 2.44. The Balaban J connectivity index is 1.19. The third-order valence-corrected chi connectivity index (χ3v) is 5.86. The van der Waals surface area contributed by atoms with Crippen LogP contribution in [0.5, 0.6) is 0 Å². The van der Waals surface area contributed by atoms with Gasteiger partial charge < -0.3 is 30.5 Å². The number of aliphatic carboxylic acids is 1. The van der Waals surface area contributed by atoms with E-state index in [1.165, 1.54) is 0 Å². The average molecular weight is 467 g/mol. The molecule has 0 saturated carbocycles. The van der Waals surface area contributed by atoms with Gasteiger partial charge >= 0.3 is 12.1 Å². The molecule has 3 amide bonds. The van der Waals surface area contributed by atoms with Crippen LogP contribution in [-0.4, -0.2) is 67.4 Å². The van der Waals surface area contributed by atoms with Crippen LogP contribution >= 0.6 is 0 Å². The summed E-state index contributed by atoms with van der Waals surface area (Å²) in [4.78, 5) is 47.1. The van der Waals surface area contributed by atoms with Crippen molar-refractivity contribution in [2.75, 3.05) is 26.3 Å². The molecule has 4 rings (SSSR count). The van der Waals surface area contributed by atoms with Crippen LogP contribution in [-0.2, 0) is 23.9 Å². The van der Waals surface area contributed by atoms with Crippen molar-refractivity contribution in [3.05, 3.63) is 59.7 Å². The molecule has 178 valence electrons. The number of carboxylic acid groups (broad SMARTS) is 1. The van der Waals surface area contributed by atoms with Crippen molar-refractivity contribution < 1.29 is 33.8 Å². The van der Waals surface area contributed by atoms with Gasteiger partial charge in [-0.05, 0) is 28.7 Å². The van der Waals surface area contributed by atoms with Crippen LogP contribution < -0.4 is 16.0 Å². The molecule has 0 aromatic heterocycles. The first-order valence-electron chi connectivity index (χ1n) is 10.9. The van der Waals surface area contributed by atoms with Gasteiger partial charge in [-0.1, -0.05) is 48.5 Å². The summed E-state index contributed by atoms with van der Waals surface area (Å²) in [5.74, 6) is -2.37. The van der Waals surface area contributed by atoms with Crippen molar-refractivity contribution in [1.82, 2.24) is 16.0 Å². The van der Waals surface area contributed by atoms with E-state index in [2.05, 4.69) is 16.0 Å². The van der Waals surface area contributed by atoms with E-state index in [0.29, 0.717) is 6.42 Å². The van der Waals surface area contributed by atoms with Crippen LogP contribution in [0.25, 0.3) is 11.1 Å². The topological polar surface area (TPSA) is 143 Å². The van der Waals surface area contributed by atoms with Gasteiger partial charge in [0.25, 0.3) is 0 Å². The summed E-state index contributed by atoms with van der Waals surface area (Å²) in [6, 6.07) is 15.3. The molecule has 10 nitrogen and oxygen atoms in total. The SMILES string of the molecule is O=C(CNC(=O)OCC1c2ccccc2-c2ccccc21)NCC(=O)NC1CCOC1C(=O)O. The highest BCUT2D eigenvalue weighted by Gasteiger charge is 2.35. The Morgan fingerprint density at radius 1 is 0.912 bits per heavy atom. The number of rotatable bonds is 8. The molecule has 2 aromatic carbocycles. The third kappa shape index (κ3) is 5.18. The third-order valence-electron chi connectivity index (χ3n) is 5.86. The first kappa shape index (κ1) is 23.2. The zero-order valence-corrected chi connectivity index (χ0v) is 18.3. The van der Waals surface area contributed by atoms with Crippen molar-refractivity contribution in [2.24, 2.45) is 0 Å². The molecule has 1 aliphatic heterocycles. The van der Waals surface area contributed by atoms with Gasteiger partial charge in [0.05, 0.1) is 12.6 Å². The normalized spacial score (nSPS) is 18.5. The van der Waals surface area contributed by atoms with E-state index in [4.69, 9.17) is 14.6 Å². The minimum absolute atomic E-state index is 0.0927. The second-order valence-electron chi connectivity index (χ2n) is 8.05. The highest BCUT2D eigenvalue weighted by molar-refractivity contribution is 5.87. The van der Waals surface area contributed by atoms with Gasteiger partial charge in [-0.3, -0.25) is 9.59 Å². The molecule has 1 heterocycles. The van der Waals surface area contributed by atoms with Crippen molar-refractivity contribution in [3.63, 3.8) is 0 Å². The van der Waals surface area contributed by atoms with Gasteiger partial charge in [-0.2, -0.15) is 0 Å². The zero-order chi connectivity index (χ0) is 24.1.